The molecule has 0 unspecified atom stereocenters. The third-order valence-corrected chi connectivity index (χ3v) is 3.15. The maximum absolute atomic E-state index is 12.3. The molecule has 0 amide bonds. The highest BCUT2D eigenvalue weighted by atomic mass is 35.5. The Balaban J connectivity index is 2.48. The van der Waals surface area contributed by atoms with Gasteiger partial charge in [-0.25, -0.2) is 0 Å². The number of nitrogens with one attached hydrogen (secondary N) is 1. The standard InChI is InChI=1S/C14H10ClNO/c15-11-5-6-12-10(8-11)4-3-9-2-1-7-16-13(9)14(12)17/h1-6,8,16H,7H2. The summed E-state index contributed by atoms with van der Waals surface area (Å²) in [6.07, 6.45) is 3.97. The predicted molar refractivity (Wildman–Crippen MR) is 72.8 cm³/mol. The van der Waals surface area contributed by atoms with Crippen LogP contribution >= 0.6 is 11.6 Å². The van der Waals surface area contributed by atoms with Crippen LogP contribution in [0.25, 0.3) is 16.8 Å². The molecule has 0 fully saturated rings. The summed E-state index contributed by atoms with van der Waals surface area (Å²) in [7, 11) is 0. The first-order valence-electron chi connectivity index (χ1n) is 5.43. The van der Waals surface area contributed by atoms with Gasteiger partial charge in [0.25, 0.3) is 0 Å². The Hall–Kier alpha value is -1.80. The Morgan fingerprint density at radius 3 is 2.94 bits per heavy atom. The smallest absolute Gasteiger partial charge is 0.210 e. The van der Waals surface area contributed by atoms with Gasteiger partial charge in [0.15, 0.2) is 0 Å². The van der Waals surface area contributed by atoms with Gasteiger partial charge < -0.3 is 5.32 Å². The summed E-state index contributed by atoms with van der Waals surface area (Å²) in [6, 6.07) is 9.21. The van der Waals surface area contributed by atoms with Crippen LogP contribution in [-0.4, -0.2) is 6.54 Å². The SMILES string of the molecule is O=c1c2c(ccc3cc(Cl)ccc13)C=CCN2. The predicted octanol–water partition coefficient (Wildman–Crippen LogP) is 3.29. The van der Waals surface area contributed by atoms with E-state index in [1.165, 1.54) is 0 Å². The monoisotopic (exact) mass is 243 g/mol. The van der Waals surface area contributed by atoms with E-state index in [0.717, 1.165) is 10.9 Å². The fourth-order valence-electron chi connectivity index (χ4n) is 2.08. The molecule has 17 heavy (non-hydrogen) atoms. The first-order valence-corrected chi connectivity index (χ1v) is 5.80. The van der Waals surface area contributed by atoms with Gasteiger partial charge in [-0.3, -0.25) is 4.79 Å². The van der Waals surface area contributed by atoms with Gasteiger partial charge in [-0.2, -0.15) is 0 Å². The number of hydrogen-bond acceptors (Lipinski definition) is 2. The highest BCUT2D eigenvalue weighted by Crippen LogP contribution is 2.21. The van der Waals surface area contributed by atoms with Crippen molar-refractivity contribution in [3.8, 4) is 0 Å². The van der Waals surface area contributed by atoms with E-state index >= 15 is 0 Å². The summed E-state index contributed by atoms with van der Waals surface area (Å²) in [6.45, 7) is 0.696. The molecular weight excluding hydrogens is 234 g/mol. The zero-order valence-corrected chi connectivity index (χ0v) is 9.79. The van der Waals surface area contributed by atoms with Crippen molar-refractivity contribution in [2.75, 3.05) is 11.9 Å². The minimum atomic E-state index is 0.0287. The molecule has 3 heteroatoms. The number of rotatable bonds is 0. The molecule has 0 bridgehead atoms. The van der Waals surface area contributed by atoms with Crippen LogP contribution in [0.4, 0.5) is 5.69 Å². The molecule has 0 spiro atoms. The third-order valence-electron chi connectivity index (χ3n) is 2.91. The number of fused-ring (bicyclic) bond motifs is 2. The van der Waals surface area contributed by atoms with Crippen molar-refractivity contribution in [2.24, 2.45) is 0 Å². The zero-order chi connectivity index (χ0) is 11.8. The highest BCUT2D eigenvalue weighted by molar-refractivity contribution is 6.31. The zero-order valence-electron chi connectivity index (χ0n) is 9.03. The summed E-state index contributed by atoms with van der Waals surface area (Å²) in [5.41, 5.74) is 1.62. The molecule has 0 atom stereocenters. The van der Waals surface area contributed by atoms with Gasteiger partial charge in [0.2, 0.25) is 5.43 Å². The number of anilines is 1. The van der Waals surface area contributed by atoms with Gasteiger partial charge in [-0.05, 0) is 23.6 Å². The van der Waals surface area contributed by atoms with E-state index in [4.69, 9.17) is 11.6 Å². The van der Waals surface area contributed by atoms with Gasteiger partial charge in [-0.1, -0.05) is 35.9 Å². The number of benzene rings is 1. The second-order valence-corrected chi connectivity index (χ2v) is 4.44. The van der Waals surface area contributed by atoms with Gasteiger partial charge >= 0.3 is 0 Å². The molecule has 1 aliphatic heterocycles. The van der Waals surface area contributed by atoms with Crippen molar-refractivity contribution < 1.29 is 0 Å². The fourth-order valence-corrected chi connectivity index (χ4v) is 2.26. The molecule has 84 valence electrons. The second-order valence-electron chi connectivity index (χ2n) is 4.01. The molecule has 0 aliphatic carbocycles. The van der Waals surface area contributed by atoms with Crippen molar-refractivity contribution in [2.45, 2.75) is 0 Å². The van der Waals surface area contributed by atoms with E-state index in [2.05, 4.69) is 5.32 Å². The van der Waals surface area contributed by atoms with E-state index < -0.39 is 0 Å². The molecule has 2 aromatic carbocycles. The van der Waals surface area contributed by atoms with Gasteiger partial charge in [0, 0.05) is 22.5 Å². The van der Waals surface area contributed by atoms with Gasteiger partial charge in [-0.15, -0.1) is 0 Å². The number of halogens is 1. The quantitative estimate of drug-likeness (QED) is 0.769. The average molecular weight is 244 g/mol. The van der Waals surface area contributed by atoms with Gasteiger partial charge in [0.1, 0.15) is 0 Å². The lowest BCUT2D eigenvalue weighted by Gasteiger charge is -2.08. The largest absolute Gasteiger partial charge is 0.378 e. The molecule has 3 rings (SSSR count). The molecule has 0 saturated heterocycles. The topological polar surface area (TPSA) is 29.1 Å². The molecule has 1 aliphatic rings. The summed E-state index contributed by atoms with van der Waals surface area (Å²) in [5, 5.41) is 5.33. The Labute approximate surface area is 104 Å². The molecule has 1 heterocycles. The maximum atomic E-state index is 12.3. The van der Waals surface area contributed by atoms with Gasteiger partial charge in [0.05, 0.1) is 5.69 Å². The van der Waals surface area contributed by atoms with E-state index in [1.54, 1.807) is 12.1 Å². The molecular formula is C14H10ClNO. The first-order chi connectivity index (χ1) is 8.25. The van der Waals surface area contributed by atoms with Crippen LogP contribution in [0, 0.1) is 0 Å². The third kappa shape index (κ3) is 1.71. The Morgan fingerprint density at radius 2 is 2.06 bits per heavy atom. The lowest BCUT2D eigenvalue weighted by molar-refractivity contribution is 1.31. The Bertz CT molecular complexity index is 692. The van der Waals surface area contributed by atoms with Crippen LogP contribution in [-0.2, 0) is 0 Å². The van der Waals surface area contributed by atoms with E-state index in [-0.39, 0.29) is 5.43 Å². The fraction of sp³-hybridized carbons (Fsp3) is 0.0714. The van der Waals surface area contributed by atoms with Crippen molar-refractivity contribution in [1.82, 2.24) is 0 Å². The van der Waals surface area contributed by atoms with Crippen molar-refractivity contribution in [1.29, 1.82) is 0 Å². The average Bonchev–Trinajstić information content (AvgIpc) is 2.48. The van der Waals surface area contributed by atoms with Crippen LogP contribution in [0.15, 0.2) is 41.2 Å². The normalized spacial score (nSPS) is 13.2. The lowest BCUT2D eigenvalue weighted by atomic mass is 10.1. The Morgan fingerprint density at radius 1 is 1.18 bits per heavy atom. The molecule has 2 nitrogen and oxygen atoms in total. The van der Waals surface area contributed by atoms with E-state index in [1.807, 2.05) is 30.4 Å². The maximum Gasteiger partial charge on any atom is 0.210 e. The second kappa shape index (κ2) is 3.90. The molecule has 0 saturated carbocycles. The minimum Gasteiger partial charge on any atom is -0.378 e. The molecule has 0 aromatic heterocycles. The molecule has 1 N–H and O–H groups in total. The minimum absolute atomic E-state index is 0.0287. The first kappa shape index (κ1) is 10.4. The van der Waals surface area contributed by atoms with Crippen LogP contribution in [0.1, 0.15) is 5.56 Å². The summed E-state index contributed by atoms with van der Waals surface area (Å²) in [4.78, 5) is 12.3. The van der Waals surface area contributed by atoms with Crippen molar-refractivity contribution in [3.63, 3.8) is 0 Å². The van der Waals surface area contributed by atoms with Crippen molar-refractivity contribution in [3.05, 3.63) is 57.2 Å². The van der Waals surface area contributed by atoms with E-state index in [9.17, 15) is 4.79 Å². The van der Waals surface area contributed by atoms with Crippen LogP contribution in [0.3, 0.4) is 0 Å². The van der Waals surface area contributed by atoms with Crippen LogP contribution in [0.5, 0.6) is 0 Å². The lowest BCUT2D eigenvalue weighted by Crippen LogP contribution is -2.13. The summed E-state index contributed by atoms with van der Waals surface area (Å²) in [5.74, 6) is 0. The van der Waals surface area contributed by atoms with Crippen LogP contribution in [0.2, 0.25) is 5.02 Å². The summed E-state index contributed by atoms with van der Waals surface area (Å²) >= 11 is 5.94. The highest BCUT2D eigenvalue weighted by Gasteiger charge is 2.09. The van der Waals surface area contributed by atoms with Crippen molar-refractivity contribution >= 4 is 34.1 Å². The van der Waals surface area contributed by atoms with Crippen LogP contribution < -0.4 is 10.7 Å². The van der Waals surface area contributed by atoms with E-state index in [0.29, 0.717) is 22.6 Å². The Kier molecular flexibility index (Phi) is 2.37. The summed E-state index contributed by atoms with van der Waals surface area (Å²) < 4.78 is 0. The number of hydrogen-bond donors (Lipinski definition) is 1. The molecule has 0 radical (unpaired) electrons. The molecule has 2 aromatic rings.